The van der Waals surface area contributed by atoms with E-state index in [0.717, 1.165) is 11.1 Å². The molecule has 0 unspecified atom stereocenters. The van der Waals surface area contributed by atoms with Crippen molar-refractivity contribution in [1.82, 2.24) is 15.0 Å². The number of anilines is 1. The molecule has 3 aromatic rings. The molecule has 1 heterocycles. The predicted molar refractivity (Wildman–Crippen MR) is 96.4 cm³/mol. The van der Waals surface area contributed by atoms with Crippen LogP contribution in [0.15, 0.2) is 53.1 Å². The van der Waals surface area contributed by atoms with E-state index in [1.807, 2.05) is 31.2 Å². The van der Waals surface area contributed by atoms with Gasteiger partial charge in [-0.3, -0.25) is 0 Å². The van der Waals surface area contributed by atoms with Crippen molar-refractivity contribution in [1.29, 1.82) is 0 Å². The molecule has 6 nitrogen and oxygen atoms in total. The Bertz CT molecular complexity index is 860. The van der Waals surface area contributed by atoms with Gasteiger partial charge in [-0.1, -0.05) is 46.6 Å². The molecule has 0 saturated heterocycles. The Balaban J connectivity index is 1.62. The van der Waals surface area contributed by atoms with Crippen molar-refractivity contribution in [3.8, 4) is 11.4 Å². The highest BCUT2D eigenvalue weighted by Crippen LogP contribution is 2.17. The zero-order valence-corrected chi connectivity index (χ0v) is 14.6. The largest absolute Gasteiger partial charge is 0.337 e. The summed E-state index contributed by atoms with van der Waals surface area (Å²) in [4.78, 5) is 18.0. The molecule has 3 rings (SSSR count). The fourth-order valence-corrected chi connectivity index (χ4v) is 2.29. The second kappa shape index (κ2) is 7.36. The first-order chi connectivity index (χ1) is 12.0. The van der Waals surface area contributed by atoms with Crippen LogP contribution in [0.1, 0.15) is 11.5 Å². The number of hydrogen-bond donors (Lipinski definition) is 1. The Morgan fingerprint density at radius 3 is 2.52 bits per heavy atom. The lowest BCUT2D eigenvalue weighted by molar-refractivity contribution is 0.213. The summed E-state index contributed by atoms with van der Waals surface area (Å²) < 4.78 is 5.24. The predicted octanol–water partition coefficient (Wildman–Crippen LogP) is 4.36. The highest BCUT2D eigenvalue weighted by atomic mass is 35.5. The van der Waals surface area contributed by atoms with Gasteiger partial charge in [0.15, 0.2) is 0 Å². The number of halogens is 1. The van der Waals surface area contributed by atoms with Crippen LogP contribution in [0.4, 0.5) is 10.5 Å². The van der Waals surface area contributed by atoms with Crippen LogP contribution in [0.2, 0.25) is 5.02 Å². The number of aromatic nitrogens is 2. The summed E-state index contributed by atoms with van der Waals surface area (Å²) in [5.74, 6) is 0.867. The molecule has 1 N–H and O–H groups in total. The lowest BCUT2D eigenvalue weighted by Crippen LogP contribution is -2.30. The summed E-state index contributed by atoms with van der Waals surface area (Å²) in [7, 11) is 1.65. The van der Waals surface area contributed by atoms with Crippen molar-refractivity contribution in [2.24, 2.45) is 0 Å². The molecule has 0 radical (unpaired) electrons. The van der Waals surface area contributed by atoms with E-state index in [0.29, 0.717) is 22.4 Å². The van der Waals surface area contributed by atoms with E-state index < -0.39 is 0 Å². The van der Waals surface area contributed by atoms with Crippen LogP contribution in [0.25, 0.3) is 11.4 Å². The average Bonchev–Trinajstić information content (AvgIpc) is 3.06. The van der Waals surface area contributed by atoms with Gasteiger partial charge in [-0.2, -0.15) is 4.98 Å². The Morgan fingerprint density at radius 2 is 1.84 bits per heavy atom. The number of urea groups is 1. The van der Waals surface area contributed by atoms with Crippen LogP contribution < -0.4 is 5.32 Å². The quantitative estimate of drug-likeness (QED) is 0.753. The summed E-state index contributed by atoms with van der Waals surface area (Å²) in [6.45, 7) is 2.22. The molecule has 0 spiro atoms. The highest BCUT2D eigenvalue weighted by molar-refractivity contribution is 6.30. The van der Waals surface area contributed by atoms with Gasteiger partial charge < -0.3 is 14.7 Å². The topological polar surface area (TPSA) is 71.3 Å². The molecule has 128 valence electrons. The van der Waals surface area contributed by atoms with Gasteiger partial charge in [0.2, 0.25) is 11.7 Å². The lowest BCUT2D eigenvalue weighted by atomic mass is 10.1. The van der Waals surface area contributed by atoms with Crippen molar-refractivity contribution < 1.29 is 9.32 Å². The maximum atomic E-state index is 12.2. The fraction of sp³-hybridized carbons (Fsp3) is 0.167. The highest BCUT2D eigenvalue weighted by Gasteiger charge is 2.14. The summed E-state index contributed by atoms with van der Waals surface area (Å²) in [5, 5.41) is 7.35. The van der Waals surface area contributed by atoms with Gasteiger partial charge in [-0.15, -0.1) is 0 Å². The normalized spacial score (nSPS) is 10.5. The molecular formula is C18H17ClN4O2. The summed E-state index contributed by atoms with van der Waals surface area (Å²) in [5.41, 5.74) is 2.69. The molecule has 0 atom stereocenters. The smallest absolute Gasteiger partial charge is 0.322 e. The number of benzene rings is 2. The van der Waals surface area contributed by atoms with Crippen LogP contribution in [-0.2, 0) is 6.54 Å². The van der Waals surface area contributed by atoms with Gasteiger partial charge in [-0.05, 0) is 31.2 Å². The van der Waals surface area contributed by atoms with E-state index in [1.54, 1.807) is 31.3 Å². The van der Waals surface area contributed by atoms with Gasteiger partial charge in [0.1, 0.15) is 6.54 Å². The van der Waals surface area contributed by atoms with Gasteiger partial charge in [0.05, 0.1) is 0 Å². The molecule has 0 bridgehead atoms. The van der Waals surface area contributed by atoms with Crippen LogP contribution in [0, 0.1) is 6.92 Å². The van der Waals surface area contributed by atoms with E-state index in [1.165, 1.54) is 4.90 Å². The Kier molecular flexibility index (Phi) is 5.00. The zero-order chi connectivity index (χ0) is 17.8. The maximum absolute atomic E-state index is 12.2. The molecule has 0 aliphatic heterocycles. The van der Waals surface area contributed by atoms with Crippen LogP contribution in [0.5, 0.6) is 0 Å². The third kappa shape index (κ3) is 4.36. The van der Waals surface area contributed by atoms with E-state index in [4.69, 9.17) is 16.1 Å². The number of aryl methyl sites for hydroxylation is 1. The van der Waals surface area contributed by atoms with Crippen LogP contribution in [0.3, 0.4) is 0 Å². The van der Waals surface area contributed by atoms with Crippen molar-refractivity contribution in [2.45, 2.75) is 13.5 Å². The van der Waals surface area contributed by atoms with Crippen LogP contribution >= 0.6 is 11.6 Å². The monoisotopic (exact) mass is 356 g/mol. The molecular weight excluding hydrogens is 340 g/mol. The summed E-state index contributed by atoms with van der Waals surface area (Å²) in [6.07, 6.45) is 0. The second-order valence-corrected chi connectivity index (χ2v) is 6.11. The van der Waals surface area contributed by atoms with Gasteiger partial charge >= 0.3 is 6.03 Å². The number of carbonyl (C=O) groups is 1. The van der Waals surface area contributed by atoms with Gasteiger partial charge in [0.25, 0.3) is 0 Å². The number of hydrogen-bond acceptors (Lipinski definition) is 4. The fourth-order valence-electron chi connectivity index (χ4n) is 2.17. The minimum absolute atomic E-state index is 0.207. The SMILES string of the molecule is Cc1ccc(-c2noc(CN(C)C(=O)Nc3ccc(Cl)cc3)n2)cc1. The second-order valence-electron chi connectivity index (χ2n) is 5.67. The zero-order valence-electron chi connectivity index (χ0n) is 13.9. The Labute approximate surface area is 150 Å². The standard InChI is InChI=1S/C18H17ClN4O2/c1-12-3-5-13(6-4-12)17-21-16(25-22-17)11-23(2)18(24)20-15-9-7-14(19)8-10-15/h3-10H,11H2,1-2H3,(H,20,24). The number of nitrogens with one attached hydrogen (secondary N) is 1. The first-order valence-electron chi connectivity index (χ1n) is 7.68. The number of carbonyl (C=O) groups excluding carboxylic acids is 1. The maximum Gasteiger partial charge on any atom is 0.322 e. The lowest BCUT2D eigenvalue weighted by Gasteiger charge is -2.15. The summed E-state index contributed by atoms with van der Waals surface area (Å²) in [6, 6.07) is 14.4. The van der Waals surface area contributed by atoms with E-state index in [-0.39, 0.29) is 12.6 Å². The molecule has 0 aliphatic rings. The van der Waals surface area contributed by atoms with Crippen LogP contribution in [-0.4, -0.2) is 28.1 Å². The third-order valence-corrected chi connectivity index (χ3v) is 3.84. The Hall–Kier alpha value is -2.86. The first kappa shape index (κ1) is 17.0. The van der Waals surface area contributed by atoms with Crippen molar-refractivity contribution in [3.05, 3.63) is 65.0 Å². The number of amides is 2. The van der Waals surface area contributed by atoms with E-state index in [9.17, 15) is 4.79 Å². The minimum atomic E-state index is -0.280. The number of nitrogens with zero attached hydrogens (tertiary/aromatic N) is 3. The molecule has 0 fully saturated rings. The average molecular weight is 357 g/mol. The molecule has 1 aromatic heterocycles. The van der Waals surface area contributed by atoms with E-state index in [2.05, 4.69) is 15.5 Å². The van der Waals surface area contributed by atoms with Crippen molar-refractivity contribution in [3.63, 3.8) is 0 Å². The molecule has 2 amide bonds. The molecule has 2 aromatic carbocycles. The third-order valence-electron chi connectivity index (χ3n) is 3.59. The van der Waals surface area contributed by atoms with Crippen molar-refractivity contribution >= 4 is 23.3 Å². The summed E-state index contributed by atoms with van der Waals surface area (Å²) >= 11 is 5.83. The van der Waals surface area contributed by atoms with Gasteiger partial charge in [0, 0.05) is 23.3 Å². The van der Waals surface area contributed by atoms with Gasteiger partial charge in [-0.25, -0.2) is 4.79 Å². The van der Waals surface area contributed by atoms with E-state index >= 15 is 0 Å². The first-order valence-corrected chi connectivity index (χ1v) is 8.06. The Morgan fingerprint density at radius 1 is 1.16 bits per heavy atom. The van der Waals surface area contributed by atoms with Crippen molar-refractivity contribution in [2.75, 3.05) is 12.4 Å². The molecule has 25 heavy (non-hydrogen) atoms. The molecule has 0 aliphatic carbocycles. The number of rotatable bonds is 4. The molecule has 0 saturated carbocycles. The molecule has 7 heteroatoms. The minimum Gasteiger partial charge on any atom is -0.337 e.